The molecule has 2 bridgehead atoms. The summed E-state index contributed by atoms with van der Waals surface area (Å²) in [5.41, 5.74) is -0.980. The highest BCUT2D eigenvalue weighted by Crippen LogP contribution is 2.65. The number of amides is 3. The van der Waals surface area contributed by atoms with Crippen LogP contribution in [-0.2, 0) is 25.7 Å². The van der Waals surface area contributed by atoms with Gasteiger partial charge < -0.3 is 24.5 Å². The number of benzene rings is 1. The first kappa shape index (κ1) is 29.0. The summed E-state index contributed by atoms with van der Waals surface area (Å²) in [6, 6.07) is 8.09. The number of aliphatic hydroxyl groups is 1. The summed E-state index contributed by atoms with van der Waals surface area (Å²) in [7, 11) is 0. The van der Waals surface area contributed by atoms with Gasteiger partial charge in [-0.3, -0.25) is 14.4 Å². The zero-order valence-corrected chi connectivity index (χ0v) is 23.7. The van der Waals surface area contributed by atoms with Crippen LogP contribution in [-0.4, -0.2) is 86.6 Å². The van der Waals surface area contributed by atoms with E-state index >= 15 is 0 Å². The molecule has 3 fully saturated rings. The molecule has 0 saturated carbocycles. The minimum atomic E-state index is -1.13. The molecule has 0 aromatic heterocycles. The molecule has 8 nitrogen and oxygen atoms in total. The van der Waals surface area contributed by atoms with Gasteiger partial charge in [-0.2, -0.15) is 0 Å². The summed E-state index contributed by atoms with van der Waals surface area (Å²) in [5.74, 6) is -2.21. The van der Waals surface area contributed by atoms with Gasteiger partial charge in [-0.15, -0.1) is 13.2 Å². The largest absolute Gasteiger partial charge is 0.394 e. The Bertz CT molecular complexity index is 1110. The Hall–Kier alpha value is -2.97. The Morgan fingerprint density at radius 2 is 1.79 bits per heavy atom. The summed E-state index contributed by atoms with van der Waals surface area (Å²) >= 11 is 0. The van der Waals surface area contributed by atoms with Gasteiger partial charge in [-0.05, 0) is 45.6 Å². The van der Waals surface area contributed by atoms with Crippen LogP contribution in [0.25, 0.3) is 0 Å². The molecule has 39 heavy (non-hydrogen) atoms. The smallest absolute Gasteiger partial charge is 0.248 e. The Morgan fingerprint density at radius 1 is 1.13 bits per heavy atom. The lowest BCUT2D eigenvalue weighted by Crippen LogP contribution is -2.59. The first-order valence-corrected chi connectivity index (χ1v) is 14.1. The van der Waals surface area contributed by atoms with Crippen molar-refractivity contribution >= 4 is 17.7 Å². The predicted molar refractivity (Wildman–Crippen MR) is 149 cm³/mol. The predicted octanol–water partition coefficient (Wildman–Crippen LogP) is 3.16. The minimum Gasteiger partial charge on any atom is -0.394 e. The van der Waals surface area contributed by atoms with Crippen LogP contribution in [0.4, 0.5) is 0 Å². The number of carbonyl (C=O) groups is 3. The first-order chi connectivity index (χ1) is 18.6. The lowest BCUT2D eigenvalue weighted by molar-refractivity contribution is -0.158. The molecular formula is C31H43N3O5. The molecule has 1 aromatic carbocycles. The molecule has 4 rings (SSSR count). The standard InChI is InChI=1S/C31H43N3O5/c1-7-17-32(19-23-13-11-10-12-14-23)27(36)24-25-28(37)34(22(6)20-35)26(29(38)33(18-8-2)21(4)5)31(25)16-15-30(24,9-3)39-31/h7-8,10-14,21-22,24-26,35H,1-2,9,15-20H2,3-6H3/t22-,24+,25+,26?,30-,31?/m1/s1. The SMILES string of the molecule is C=CCN(Cc1ccccc1)C(=O)[C@@H]1[C@H]2C(=O)N([C@H](C)CO)C(C(=O)N(CC=C)C(C)C)C23CC[C@@]1(CC)O3. The third kappa shape index (κ3) is 4.61. The molecule has 2 unspecified atom stereocenters. The highest BCUT2D eigenvalue weighted by molar-refractivity contribution is 5.99. The van der Waals surface area contributed by atoms with Gasteiger partial charge in [0.2, 0.25) is 17.7 Å². The zero-order chi connectivity index (χ0) is 28.5. The van der Waals surface area contributed by atoms with Gasteiger partial charge in [0, 0.05) is 25.7 Å². The fraction of sp³-hybridized carbons (Fsp3) is 0.581. The van der Waals surface area contributed by atoms with Crippen LogP contribution in [0, 0.1) is 11.8 Å². The number of hydrogen-bond donors (Lipinski definition) is 1. The highest BCUT2D eigenvalue weighted by atomic mass is 16.5. The second-order valence-electron chi connectivity index (χ2n) is 11.5. The maximum Gasteiger partial charge on any atom is 0.248 e. The molecule has 6 atom stereocenters. The number of likely N-dealkylation sites (tertiary alicyclic amines) is 1. The van der Waals surface area contributed by atoms with E-state index in [1.165, 1.54) is 4.90 Å². The van der Waals surface area contributed by atoms with E-state index in [0.717, 1.165) is 5.56 Å². The van der Waals surface area contributed by atoms with Crippen molar-refractivity contribution in [1.82, 2.24) is 14.7 Å². The van der Waals surface area contributed by atoms with Crippen LogP contribution < -0.4 is 0 Å². The first-order valence-electron chi connectivity index (χ1n) is 14.1. The van der Waals surface area contributed by atoms with Crippen LogP contribution in [0.3, 0.4) is 0 Å². The summed E-state index contributed by atoms with van der Waals surface area (Å²) in [6.45, 7) is 16.0. The molecule has 3 heterocycles. The third-order valence-corrected chi connectivity index (χ3v) is 8.97. The average molecular weight is 538 g/mol. The van der Waals surface area contributed by atoms with Gasteiger partial charge in [0.1, 0.15) is 11.6 Å². The maximum absolute atomic E-state index is 14.4. The van der Waals surface area contributed by atoms with Gasteiger partial charge in [0.15, 0.2) is 0 Å². The lowest BCUT2D eigenvalue weighted by Gasteiger charge is -2.39. The van der Waals surface area contributed by atoms with Crippen LogP contribution >= 0.6 is 0 Å². The van der Waals surface area contributed by atoms with Crippen molar-refractivity contribution < 1.29 is 24.2 Å². The number of ether oxygens (including phenoxy) is 1. The Kier molecular flexibility index (Phi) is 8.38. The van der Waals surface area contributed by atoms with Gasteiger partial charge in [-0.1, -0.05) is 49.4 Å². The van der Waals surface area contributed by atoms with Crippen LogP contribution in [0.1, 0.15) is 52.5 Å². The monoisotopic (exact) mass is 537 g/mol. The van der Waals surface area contributed by atoms with Crippen molar-refractivity contribution in [2.24, 2.45) is 11.8 Å². The molecule has 1 spiro atoms. The number of aliphatic hydroxyl groups excluding tert-OH is 1. The zero-order valence-electron chi connectivity index (χ0n) is 23.7. The van der Waals surface area contributed by atoms with Crippen molar-refractivity contribution in [1.29, 1.82) is 0 Å². The molecule has 0 aliphatic carbocycles. The Labute approximate surface area is 232 Å². The molecule has 3 saturated heterocycles. The van der Waals surface area contributed by atoms with Crippen molar-refractivity contribution in [3.63, 3.8) is 0 Å². The van der Waals surface area contributed by atoms with Crippen LogP contribution in [0.2, 0.25) is 0 Å². The molecule has 1 aromatic rings. The lowest BCUT2D eigenvalue weighted by atomic mass is 9.64. The number of rotatable bonds is 12. The average Bonchev–Trinajstić information content (AvgIpc) is 3.54. The van der Waals surface area contributed by atoms with E-state index in [1.54, 1.807) is 28.9 Å². The molecule has 1 N–H and O–H groups in total. The van der Waals surface area contributed by atoms with E-state index in [0.29, 0.717) is 38.9 Å². The Morgan fingerprint density at radius 3 is 2.36 bits per heavy atom. The molecule has 0 radical (unpaired) electrons. The van der Waals surface area contributed by atoms with Crippen LogP contribution in [0.5, 0.6) is 0 Å². The summed E-state index contributed by atoms with van der Waals surface area (Å²) < 4.78 is 6.88. The van der Waals surface area contributed by atoms with Gasteiger partial charge in [0.05, 0.1) is 30.1 Å². The summed E-state index contributed by atoms with van der Waals surface area (Å²) in [6.07, 6.45) is 5.02. The summed E-state index contributed by atoms with van der Waals surface area (Å²) in [5, 5.41) is 10.1. The van der Waals surface area contributed by atoms with E-state index in [2.05, 4.69) is 13.2 Å². The van der Waals surface area contributed by atoms with Crippen molar-refractivity contribution in [2.75, 3.05) is 19.7 Å². The second kappa shape index (κ2) is 11.3. The van der Waals surface area contributed by atoms with Crippen LogP contribution in [0.15, 0.2) is 55.6 Å². The van der Waals surface area contributed by atoms with Gasteiger partial charge in [0.25, 0.3) is 0 Å². The van der Waals surface area contributed by atoms with E-state index in [1.807, 2.05) is 51.1 Å². The van der Waals surface area contributed by atoms with Gasteiger partial charge in [-0.25, -0.2) is 0 Å². The van der Waals surface area contributed by atoms with E-state index in [4.69, 9.17) is 4.74 Å². The number of hydrogen-bond acceptors (Lipinski definition) is 5. The fourth-order valence-corrected chi connectivity index (χ4v) is 7.11. The highest BCUT2D eigenvalue weighted by Gasteiger charge is 2.79. The van der Waals surface area contributed by atoms with Crippen molar-refractivity contribution in [2.45, 2.75) is 82.8 Å². The van der Waals surface area contributed by atoms with Crippen molar-refractivity contribution in [3.8, 4) is 0 Å². The van der Waals surface area contributed by atoms with Crippen molar-refractivity contribution in [3.05, 3.63) is 61.2 Å². The number of carbonyl (C=O) groups excluding carboxylic acids is 3. The molecule has 3 amide bonds. The normalized spacial score (nSPS) is 29.8. The summed E-state index contributed by atoms with van der Waals surface area (Å²) in [4.78, 5) is 47.9. The number of fused-ring (bicyclic) bond motifs is 1. The topological polar surface area (TPSA) is 90.4 Å². The Balaban J connectivity index is 1.80. The van der Waals surface area contributed by atoms with Gasteiger partial charge >= 0.3 is 0 Å². The fourth-order valence-electron chi connectivity index (χ4n) is 7.11. The molecule has 3 aliphatic rings. The second-order valence-corrected chi connectivity index (χ2v) is 11.5. The molecule has 3 aliphatic heterocycles. The maximum atomic E-state index is 14.4. The molecule has 212 valence electrons. The third-order valence-electron chi connectivity index (χ3n) is 8.97. The minimum absolute atomic E-state index is 0.127. The van der Waals surface area contributed by atoms with E-state index in [9.17, 15) is 19.5 Å². The van der Waals surface area contributed by atoms with E-state index < -0.39 is 35.1 Å². The molecular weight excluding hydrogens is 494 g/mol. The quantitative estimate of drug-likeness (QED) is 0.414. The number of nitrogens with zero attached hydrogens (tertiary/aromatic N) is 3. The molecule has 8 heteroatoms. The van der Waals surface area contributed by atoms with E-state index in [-0.39, 0.29) is 30.4 Å².